The highest BCUT2D eigenvalue weighted by atomic mass is 16.4. The molecule has 0 spiro atoms. The molecule has 8 N–H and O–H groups in total. The number of likely N-dealkylation sites (N-methyl/N-ethyl adjacent to an activating group) is 1. The minimum atomic E-state index is -1.30. The van der Waals surface area contributed by atoms with Crippen LogP contribution in [0.5, 0.6) is 0 Å². The van der Waals surface area contributed by atoms with Gasteiger partial charge in [-0.3, -0.25) is 28.8 Å². The molecule has 14 nitrogen and oxygen atoms in total. The molecule has 0 saturated carbocycles. The van der Waals surface area contributed by atoms with Gasteiger partial charge in [0.2, 0.25) is 29.5 Å². The largest absolute Gasteiger partial charge is 0.481 e. The number of amides is 5. The molecule has 1 aromatic heterocycles. The maximum absolute atomic E-state index is 14.1. The number of aliphatic carboxylic acids is 1. The Morgan fingerprint density at radius 3 is 2.08 bits per heavy atom. The number of nitrogens with one attached hydrogen (secondary N) is 6. The van der Waals surface area contributed by atoms with E-state index in [4.69, 9.17) is 5.11 Å². The van der Waals surface area contributed by atoms with Crippen LogP contribution < -0.4 is 26.6 Å². The fourth-order valence-electron chi connectivity index (χ4n) is 5.83. The molecule has 6 atom stereocenters. The molecular weight excluding hydrogens is 656 g/mol. The molecule has 1 heterocycles. The van der Waals surface area contributed by atoms with E-state index < -0.39 is 59.9 Å². The second-order valence-electron chi connectivity index (χ2n) is 14.0. The van der Waals surface area contributed by atoms with E-state index in [1.54, 1.807) is 33.9 Å². The SMILES string of the molecule is CCNC(=O)[C@@H](NC(=O)C[C@H](O)[C@H](CC(C)C)NC(=O)[C@H](Cc1c[nH]c2ccccc12)NC(=O)[C@@H](NC(=O)CCCC(=O)O)[C@@H](C)CC)C(C)C. The minimum absolute atomic E-state index is 0.0135. The van der Waals surface area contributed by atoms with Gasteiger partial charge in [-0.15, -0.1) is 0 Å². The fraction of sp³-hybridized carbons (Fsp3) is 0.622. The highest BCUT2D eigenvalue weighted by Gasteiger charge is 2.33. The third-order valence-electron chi connectivity index (χ3n) is 8.87. The van der Waals surface area contributed by atoms with E-state index in [1.165, 1.54) is 0 Å². The molecular formula is C37H58N6O8. The first-order chi connectivity index (χ1) is 24.1. The first-order valence-electron chi connectivity index (χ1n) is 18.0. The third-order valence-corrected chi connectivity index (χ3v) is 8.87. The quantitative estimate of drug-likeness (QED) is 0.0904. The van der Waals surface area contributed by atoms with E-state index in [2.05, 4.69) is 31.6 Å². The highest BCUT2D eigenvalue weighted by molar-refractivity contribution is 5.93. The number of hydrogen-bond acceptors (Lipinski definition) is 7. The Kier molecular flexibility index (Phi) is 17.6. The lowest BCUT2D eigenvalue weighted by molar-refractivity contribution is -0.137. The molecule has 284 valence electrons. The number of fused-ring (bicyclic) bond motifs is 1. The fourth-order valence-corrected chi connectivity index (χ4v) is 5.83. The standard InChI is InChI=1S/C37H58N6O8/c1-8-23(7)34(42-30(45)15-12-16-32(47)48)37(51)41-28(18-24-20-39-26-14-11-10-13-25(24)26)35(49)40-27(17-21(3)4)29(44)19-31(46)43-33(22(5)6)36(50)38-9-2/h10-11,13-14,20-23,27-29,33-34,39,44H,8-9,12,15-19H2,1-7H3,(H,38,50)(H,40,49)(H,41,51)(H,42,45)(H,43,46)(H,47,48)/t23-,27-,28-,29-,33-,34-/m0/s1. The number of para-hydroxylation sites is 1. The molecule has 2 rings (SSSR count). The summed E-state index contributed by atoms with van der Waals surface area (Å²) in [5.41, 5.74) is 1.60. The maximum atomic E-state index is 14.1. The summed E-state index contributed by atoms with van der Waals surface area (Å²) in [6.07, 6.45) is 0.878. The molecule has 0 aliphatic heterocycles. The van der Waals surface area contributed by atoms with E-state index >= 15 is 0 Å². The summed E-state index contributed by atoms with van der Waals surface area (Å²) in [4.78, 5) is 80.3. The molecule has 0 unspecified atom stereocenters. The first kappa shape index (κ1) is 42.7. The Morgan fingerprint density at radius 1 is 0.804 bits per heavy atom. The number of aromatic amines is 1. The number of aliphatic hydroxyl groups is 1. The molecule has 0 fully saturated rings. The second kappa shape index (κ2) is 21.0. The van der Waals surface area contributed by atoms with Crippen LogP contribution in [0.4, 0.5) is 0 Å². The van der Waals surface area contributed by atoms with Crippen LogP contribution >= 0.6 is 0 Å². The Labute approximate surface area is 300 Å². The van der Waals surface area contributed by atoms with Gasteiger partial charge >= 0.3 is 5.97 Å². The van der Waals surface area contributed by atoms with E-state index in [1.807, 2.05) is 45.0 Å². The average Bonchev–Trinajstić information content (AvgIpc) is 3.47. The van der Waals surface area contributed by atoms with Crippen molar-refractivity contribution in [1.82, 2.24) is 31.6 Å². The van der Waals surface area contributed by atoms with E-state index in [0.29, 0.717) is 19.4 Å². The number of carbonyl (C=O) groups is 6. The molecule has 2 aromatic rings. The third kappa shape index (κ3) is 14.0. The van der Waals surface area contributed by atoms with Crippen molar-refractivity contribution in [2.45, 2.75) is 124 Å². The van der Waals surface area contributed by atoms with E-state index in [-0.39, 0.29) is 55.8 Å². The smallest absolute Gasteiger partial charge is 0.303 e. The van der Waals surface area contributed by atoms with Crippen LogP contribution in [-0.2, 0) is 35.2 Å². The maximum Gasteiger partial charge on any atom is 0.303 e. The van der Waals surface area contributed by atoms with Gasteiger partial charge in [-0.2, -0.15) is 0 Å². The second-order valence-corrected chi connectivity index (χ2v) is 14.0. The van der Waals surface area contributed by atoms with Crippen LogP contribution in [0.3, 0.4) is 0 Å². The summed E-state index contributed by atoms with van der Waals surface area (Å²) in [6.45, 7) is 13.3. The van der Waals surface area contributed by atoms with Crippen molar-refractivity contribution in [1.29, 1.82) is 0 Å². The van der Waals surface area contributed by atoms with Crippen molar-refractivity contribution in [3.63, 3.8) is 0 Å². The van der Waals surface area contributed by atoms with Gasteiger partial charge in [0.15, 0.2) is 0 Å². The molecule has 14 heteroatoms. The van der Waals surface area contributed by atoms with Crippen molar-refractivity contribution in [2.75, 3.05) is 6.54 Å². The van der Waals surface area contributed by atoms with E-state index in [9.17, 15) is 33.9 Å². The van der Waals surface area contributed by atoms with E-state index in [0.717, 1.165) is 16.5 Å². The summed E-state index contributed by atoms with van der Waals surface area (Å²) in [5.74, 6) is -4.04. The number of rotatable bonds is 22. The van der Waals surface area contributed by atoms with Crippen LogP contribution in [-0.4, -0.2) is 87.5 Å². The van der Waals surface area contributed by atoms with Gasteiger partial charge in [-0.1, -0.05) is 66.2 Å². The lowest BCUT2D eigenvalue weighted by Gasteiger charge is -2.30. The number of carbonyl (C=O) groups excluding carboxylic acids is 5. The van der Waals surface area contributed by atoms with Crippen LogP contribution in [0.1, 0.15) is 92.6 Å². The Bertz CT molecular complexity index is 1470. The number of hydrogen-bond donors (Lipinski definition) is 8. The monoisotopic (exact) mass is 714 g/mol. The van der Waals surface area contributed by atoms with Crippen molar-refractivity contribution in [3.8, 4) is 0 Å². The van der Waals surface area contributed by atoms with Crippen LogP contribution in [0.25, 0.3) is 10.9 Å². The van der Waals surface area contributed by atoms with Crippen LogP contribution in [0, 0.1) is 17.8 Å². The Balaban J connectivity index is 2.34. The molecule has 0 bridgehead atoms. The van der Waals surface area contributed by atoms with Gasteiger partial charge in [0, 0.05) is 42.9 Å². The lowest BCUT2D eigenvalue weighted by atomic mass is 9.95. The number of carboxylic acids is 1. The molecule has 0 aliphatic rings. The Hall–Kier alpha value is -4.46. The normalized spacial score (nSPS) is 14.9. The van der Waals surface area contributed by atoms with Crippen molar-refractivity contribution in [2.24, 2.45) is 17.8 Å². The molecule has 0 radical (unpaired) electrons. The molecule has 0 saturated heterocycles. The van der Waals surface area contributed by atoms with Gasteiger partial charge < -0.3 is 41.8 Å². The topological polar surface area (TPSA) is 219 Å². The predicted molar refractivity (Wildman–Crippen MR) is 194 cm³/mol. The summed E-state index contributed by atoms with van der Waals surface area (Å²) >= 11 is 0. The highest BCUT2D eigenvalue weighted by Crippen LogP contribution is 2.20. The molecule has 5 amide bonds. The summed E-state index contributed by atoms with van der Waals surface area (Å²) < 4.78 is 0. The number of carboxylic acid groups (broad SMARTS) is 1. The zero-order valence-corrected chi connectivity index (χ0v) is 31.0. The summed E-state index contributed by atoms with van der Waals surface area (Å²) in [7, 11) is 0. The van der Waals surface area contributed by atoms with Gasteiger partial charge in [0.05, 0.1) is 18.6 Å². The number of H-pyrrole nitrogens is 1. The van der Waals surface area contributed by atoms with Gasteiger partial charge in [0.25, 0.3) is 0 Å². The number of aromatic nitrogens is 1. The first-order valence-corrected chi connectivity index (χ1v) is 18.0. The molecule has 0 aliphatic carbocycles. The zero-order chi connectivity index (χ0) is 38.2. The predicted octanol–water partition coefficient (Wildman–Crippen LogP) is 2.54. The molecule has 51 heavy (non-hydrogen) atoms. The minimum Gasteiger partial charge on any atom is -0.481 e. The Morgan fingerprint density at radius 2 is 1.47 bits per heavy atom. The van der Waals surface area contributed by atoms with Gasteiger partial charge in [-0.25, -0.2) is 0 Å². The summed E-state index contributed by atoms with van der Waals surface area (Å²) in [5, 5.41) is 34.9. The van der Waals surface area contributed by atoms with Crippen molar-refractivity contribution in [3.05, 3.63) is 36.0 Å². The van der Waals surface area contributed by atoms with Crippen LogP contribution in [0.15, 0.2) is 30.5 Å². The summed E-state index contributed by atoms with van der Waals surface area (Å²) in [6, 6.07) is 3.73. The average molecular weight is 715 g/mol. The number of aliphatic hydroxyl groups excluding tert-OH is 1. The van der Waals surface area contributed by atoms with Crippen LogP contribution in [0.2, 0.25) is 0 Å². The lowest BCUT2D eigenvalue weighted by Crippen LogP contribution is -2.58. The van der Waals surface area contributed by atoms with Gasteiger partial charge in [0.1, 0.15) is 18.1 Å². The van der Waals surface area contributed by atoms with Crippen molar-refractivity contribution >= 4 is 46.4 Å². The number of benzene rings is 1. The molecule has 1 aromatic carbocycles. The van der Waals surface area contributed by atoms with Gasteiger partial charge in [-0.05, 0) is 49.1 Å². The zero-order valence-electron chi connectivity index (χ0n) is 31.0. The van der Waals surface area contributed by atoms with Crippen molar-refractivity contribution < 1.29 is 39.0 Å².